The minimum Gasteiger partial charge on any atom is -0.367 e. The molecule has 0 unspecified atom stereocenters. The minimum absolute atomic E-state index is 0.176. The topological polar surface area (TPSA) is 71.3 Å². The number of carbonyl (C=O) groups excluding carboxylic acids is 1. The predicted molar refractivity (Wildman–Crippen MR) is 103 cm³/mol. The molecule has 0 fully saturated rings. The molecular formula is C18H17BrF3N5O. The Morgan fingerprint density at radius 2 is 2.07 bits per heavy atom. The van der Waals surface area contributed by atoms with Gasteiger partial charge in [0.25, 0.3) is 5.91 Å². The number of imidazole rings is 1. The molecule has 28 heavy (non-hydrogen) atoms. The van der Waals surface area contributed by atoms with Crippen molar-refractivity contribution in [2.75, 3.05) is 18.9 Å². The molecule has 2 heterocycles. The number of aryl methyl sites for hydroxylation is 1. The summed E-state index contributed by atoms with van der Waals surface area (Å²) in [7, 11) is 1.57. The fraction of sp³-hybridized carbons (Fsp3) is 0.278. The van der Waals surface area contributed by atoms with Crippen LogP contribution < -0.4 is 10.6 Å². The number of nitrogens with zero attached hydrogens (tertiary/aromatic N) is 3. The first-order chi connectivity index (χ1) is 13.2. The lowest BCUT2D eigenvalue weighted by atomic mass is 10.0. The summed E-state index contributed by atoms with van der Waals surface area (Å²) in [6.07, 6.45) is -1.91. The van der Waals surface area contributed by atoms with Crippen LogP contribution in [-0.4, -0.2) is 40.0 Å². The first-order valence-electron chi connectivity index (χ1n) is 8.37. The van der Waals surface area contributed by atoms with Crippen LogP contribution in [0.1, 0.15) is 22.3 Å². The monoisotopic (exact) mass is 455 g/mol. The highest BCUT2D eigenvalue weighted by atomic mass is 79.9. The quantitative estimate of drug-likeness (QED) is 0.604. The zero-order valence-corrected chi connectivity index (χ0v) is 16.6. The molecule has 10 heteroatoms. The first kappa shape index (κ1) is 20.1. The third-order valence-electron chi connectivity index (χ3n) is 4.16. The lowest BCUT2D eigenvalue weighted by Gasteiger charge is -2.11. The van der Waals surface area contributed by atoms with E-state index < -0.39 is 12.6 Å². The maximum absolute atomic E-state index is 12.4. The van der Waals surface area contributed by atoms with E-state index in [2.05, 4.69) is 36.5 Å². The summed E-state index contributed by atoms with van der Waals surface area (Å²) in [5, 5.41) is 5.29. The lowest BCUT2D eigenvalue weighted by Crippen LogP contribution is -2.18. The van der Waals surface area contributed by atoms with Gasteiger partial charge in [-0.3, -0.25) is 9.20 Å². The average molecular weight is 456 g/mol. The summed E-state index contributed by atoms with van der Waals surface area (Å²) >= 11 is 3.29. The second-order valence-electron chi connectivity index (χ2n) is 6.15. The number of halogens is 4. The highest BCUT2D eigenvalue weighted by molar-refractivity contribution is 9.10. The molecule has 0 saturated heterocycles. The van der Waals surface area contributed by atoms with Crippen molar-refractivity contribution < 1.29 is 18.0 Å². The summed E-state index contributed by atoms with van der Waals surface area (Å²) in [5.74, 6) is 0.0777. The Kier molecular flexibility index (Phi) is 5.59. The number of benzene rings is 1. The minimum atomic E-state index is -4.25. The standard InChI is InChI=1S/C18H17BrF3N5O/c1-10-7-11(3-4-12(10)17(28)23-2)13-8-25-16-15(24-6-5-18(20,21)22)26-14(19)9-27(13)16/h3-4,7-9H,5-6H2,1-2H3,(H,23,28)(H,24,26). The Labute approximate surface area is 167 Å². The Morgan fingerprint density at radius 3 is 2.71 bits per heavy atom. The third kappa shape index (κ3) is 4.27. The summed E-state index contributed by atoms with van der Waals surface area (Å²) in [4.78, 5) is 20.4. The molecule has 0 atom stereocenters. The van der Waals surface area contributed by atoms with Crippen molar-refractivity contribution in [2.24, 2.45) is 0 Å². The van der Waals surface area contributed by atoms with E-state index in [-0.39, 0.29) is 18.3 Å². The van der Waals surface area contributed by atoms with Crippen LogP contribution in [0.2, 0.25) is 0 Å². The van der Waals surface area contributed by atoms with E-state index in [4.69, 9.17) is 0 Å². The van der Waals surface area contributed by atoms with Gasteiger partial charge in [0.1, 0.15) is 4.60 Å². The largest absolute Gasteiger partial charge is 0.390 e. The smallest absolute Gasteiger partial charge is 0.367 e. The maximum Gasteiger partial charge on any atom is 0.390 e. The highest BCUT2D eigenvalue weighted by Gasteiger charge is 2.26. The van der Waals surface area contributed by atoms with Crippen LogP contribution in [0, 0.1) is 6.92 Å². The maximum atomic E-state index is 12.4. The Morgan fingerprint density at radius 1 is 1.32 bits per heavy atom. The summed E-state index contributed by atoms with van der Waals surface area (Å²) in [5.41, 5.74) is 3.31. The van der Waals surface area contributed by atoms with E-state index in [1.807, 2.05) is 13.0 Å². The number of fused-ring (bicyclic) bond motifs is 1. The summed E-state index contributed by atoms with van der Waals surface area (Å²) < 4.78 is 39.4. The number of carbonyl (C=O) groups is 1. The van der Waals surface area contributed by atoms with Crippen molar-refractivity contribution in [1.29, 1.82) is 0 Å². The van der Waals surface area contributed by atoms with Crippen molar-refractivity contribution in [2.45, 2.75) is 19.5 Å². The van der Waals surface area contributed by atoms with Crippen molar-refractivity contribution in [3.63, 3.8) is 0 Å². The second-order valence-corrected chi connectivity index (χ2v) is 6.96. The number of hydrogen-bond donors (Lipinski definition) is 2. The van der Waals surface area contributed by atoms with Gasteiger partial charge in [0.15, 0.2) is 11.5 Å². The van der Waals surface area contributed by atoms with Gasteiger partial charge in [-0.05, 0) is 40.5 Å². The summed E-state index contributed by atoms with van der Waals surface area (Å²) in [6.45, 7) is 1.53. The van der Waals surface area contributed by atoms with Crippen LogP contribution in [-0.2, 0) is 0 Å². The number of anilines is 1. The fourth-order valence-electron chi connectivity index (χ4n) is 2.83. The predicted octanol–water partition coefficient (Wildman–Crippen LogP) is 4.19. The molecule has 0 bridgehead atoms. The molecule has 1 aromatic carbocycles. The average Bonchev–Trinajstić information content (AvgIpc) is 3.03. The van der Waals surface area contributed by atoms with E-state index in [1.165, 1.54) is 0 Å². The molecule has 1 amide bonds. The number of amides is 1. The Balaban J connectivity index is 1.98. The van der Waals surface area contributed by atoms with Gasteiger partial charge in [-0.25, -0.2) is 9.97 Å². The van der Waals surface area contributed by atoms with Gasteiger partial charge in [-0.1, -0.05) is 6.07 Å². The van der Waals surface area contributed by atoms with Crippen LogP contribution in [0.3, 0.4) is 0 Å². The molecule has 2 aromatic heterocycles. The van der Waals surface area contributed by atoms with E-state index in [0.717, 1.165) is 16.8 Å². The zero-order valence-electron chi connectivity index (χ0n) is 15.1. The molecule has 0 aliphatic rings. The molecular weight excluding hydrogens is 439 g/mol. The zero-order chi connectivity index (χ0) is 20.5. The fourth-order valence-corrected chi connectivity index (χ4v) is 3.21. The van der Waals surface area contributed by atoms with Crippen LogP contribution in [0.25, 0.3) is 16.9 Å². The van der Waals surface area contributed by atoms with Gasteiger partial charge in [0.05, 0.1) is 18.3 Å². The normalized spacial score (nSPS) is 11.6. The van der Waals surface area contributed by atoms with Crippen LogP contribution in [0.15, 0.2) is 35.2 Å². The molecule has 3 aromatic rings. The lowest BCUT2D eigenvalue weighted by molar-refractivity contribution is -0.131. The van der Waals surface area contributed by atoms with Crippen LogP contribution in [0.4, 0.5) is 19.0 Å². The van der Waals surface area contributed by atoms with E-state index in [9.17, 15) is 18.0 Å². The molecule has 6 nitrogen and oxygen atoms in total. The number of nitrogens with one attached hydrogen (secondary N) is 2. The molecule has 0 spiro atoms. The van der Waals surface area contributed by atoms with Crippen molar-refractivity contribution in [3.8, 4) is 11.3 Å². The number of alkyl halides is 3. The molecule has 2 N–H and O–H groups in total. The van der Waals surface area contributed by atoms with Gasteiger partial charge in [0.2, 0.25) is 0 Å². The van der Waals surface area contributed by atoms with Crippen molar-refractivity contribution in [3.05, 3.63) is 46.3 Å². The van der Waals surface area contributed by atoms with Gasteiger partial charge in [0, 0.05) is 30.9 Å². The Hall–Kier alpha value is -2.62. The molecule has 3 rings (SSSR count). The molecule has 0 aliphatic heterocycles. The van der Waals surface area contributed by atoms with Gasteiger partial charge < -0.3 is 10.6 Å². The number of rotatable bonds is 5. The van der Waals surface area contributed by atoms with Gasteiger partial charge in [-0.15, -0.1) is 0 Å². The summed E-state index contributed by atoms with van der Waals surface area (Å²) in [6, 6.07) is 5.38. The second kappa shape index (κ2) is 7.78. The van der Waals surface area contributed by atoms with Gasteiger partial charge in [-0.2, -0.15) is 13.2 Å². The molecule has 148 valence electrons. The van der Waals surface area contributed by atoms with E-state index in [0.29, 0.717) is 15.8 Å². The molecule has 0 aliphatic carbocycles. The van der Waals surface area contributed by atoms with Crippen LogP contribution >= 0.6 is 15.9 Å². The SMILES string of the molecule is CNC(=O)c1ccc(-c2cnc3c(NCCC(F)(F)F)nc(Br)cn23)cc1C. The Bertz CT molecular complexity index is 1030. The highest BCUT2D eigenvalue weighted by Crippen LogP contribution is 2.28. The number of aromatic nitrogens is 3. The van der Waals surface area contributed by atoms with Gasteiger partial charge >= 0.3 is 6.18 Å². The van der Waals surface area contributed by atoms with Crippen molar-refractivity contribution in [1.82, 2.24) is 19.7 Å². The molecule has 0 saturated carbocycles. The van der Waals surface area contributed by atoms with Crippen molar-refractivity contribution >= 4 is 33.3 Å². The first-order valence-corrected chi connectivity index (χ1v) is 9.16. The van der Waals surface area contributed by atoms with E-state index >= 15 is 0 Å². The van der Waals surface area contributed by atoms with E-state index in [1.54, 1.807) is 36.0 Å². The number of hydrogen-bond acceptors (Lipinski definition) is 4. The van der Waals surface area contributed by atoms with Crippen LogP contribution in [0.5, 0.6) is 0 Å². The molecule has 0 radical (unpaired) electrons. The third-order valence-corrected chi connectivity index (χ3v) is 4.54.